The van der Waals surface area contributed by atoms with Crippen molar-refractivity contribution in [1.82, 2.24) is 57.7 Å². The summed E-state index contributed by atoms with van der Waals surface area (Å²) in [7, 11) is -1.19. The molecule has 5 fully saturated rings. The zero-order chi connectivity index (χ0) is 101. The number of hydrogen-bond donors (Lipinski definition) is 22. The summed E-state index contributed by atoms with van der Waals surface area (Å²) >= 11 is 0. The van der Waals surface area contributed by atoms with Crippen molar-refractivity contribution in [3.05, 3.63) is 29.3 Å². The number of aliphatic hydroxyl groups is 12. The van der Waals surface area contributed by atoms with E-state index in [4.69, 9.17) is 51.5 Å². The maximum atomic E-state index is 15.5. The second kappa shape index (κ2) is 63.2. The summed E-state index contributed by atoms with van der Waals surface area (Å²) in [5.74, 6) is -9.03. The molecule has 5 aliphatic rings. The van der Waals surface area contributed by atoms with Gasteiger partial charge in [-0.25, -0.2) is 4.57 Å². The molecule has 20 unspecified atom stereocenters. The van der Waals surface area contributed by atoms with E-state index in [1.807, 2.05) is 0 Å². The maximum Gasteiger partial charge on any atom is 0.474 e. The molecule has 0 aromatic heterocycles. The lowest BCUT2D eigenvalue weighted by Gasteiger charge is -2.42. The summed E-state index contributed by atoms with van der Waals surface area (Å²) in [6.45, 7) is 0.146. The average molecular weight is 1980 g/mol. The monoisotopic (exact) mass is 1980 g/mol. The molecule has 137 heavy (non-hydrogen) atoms. The van der Waals surface area contributed by atoms with Crippen LogP contribution in [0, 0.1) is 11.8 Å². The highest BCUT2D eigenvalue weighted by Gasteiger charge is 2.50. The van der Waals surface area contributed by atoms with E-state index in [0.717, 1.165) is 22.3 Å². The van der Waals surface area contributed by atoms with Crippen LogP contribution in [0.25, 0.3) is 0 Å². The van der Waals surface area contributed by atoms with Crippen molar-refractivity contribution in [2.75, 3.05) is 138 Å². The number of ether oxygens (including phenoxy) is 8. The van der Waals surface area contributed by atoms with Crippen LogP contribution in [0.5, 0.6) is 0 Å². The Balaban J connectivity index is 1.23. The molecule has 48 nitrogen and oxygen atoms in total. The van der Waals surface area contributed by atoms with E-state index in [0.29, 0.717) is 141 Å². The minimum Gasteiger partial charge on any atom is -0.394 e. The van der Waals surface area contributed by atoms with Gasteiger partial charge in [0.05, 0.1) is 33.0 Å². The van der Waals surface area contributed by atoms with Crippen molar-refractivity contribution in [2.24, 2.45) is 11.8 Å². The predicted octanol–water partition coefficient (Wildman–Crippen LogP) is -4.04. The second-order valence-corrected chi connectivity index (χ2v) is 36.7. The first-order valence-electron chi connectivity index (χ1n) is 47.3. The van der Waals surface area contributed by atoms with Gasteiger partial charge in [-0.15, -0.1) is 0 Å². The standard InChI is InChI=1S/C88H149N12O36P/c1-52(105)94-69-77(117)73(113)61(48-101)133-85(69)128-36-22-12-7-17-31-89-65(109)44-99(45-66(110)90-32-18-8-13-23-37-129-86-70(95-53(2)106)78(118)74(114)62(49-102)134-86)83(123)58-41-59(43-60(42-58)98-82(122)57-29-27-56(28-30-57)81(121)93-35-21-11-16-26-40-132-137(125,126-5)127-6)84(124)100(46-67(111)91-33-19-9-14-24-38-130-87-71(96-54(3)107)79(119)75(115)63(50-103)135-87)47-68(112)92-34-20-10-15-25-39-131-88-72(97-55(4)108)80(120)76(116)64(51-104)136-88/h41-43,56-57,61-64,69-80,85-88,101-104,113-120H,7-40,44-51H2,1-6H3,(H,89,109)(H,90,110)(H,91,111)(H,92,112)(H,93,121)(H,94,105)(H,95,106)(H,96,107)(H,97,108)(H,98,122). The van der Waals surface area contributed by atoms with E-state index in [2.05, 4.69) is 53.2 Å². The molecule has 22 N–H and O–H groups in total. The van der Waals surface area contributed by atoms with Crippen molar-refractivity contribution in [1.29, 1.82) is 0 Å². The first kappa shape index (κ1) is 118. The molecule has 1 saturated carbocycles. The molecule has 6 rings (SSSR count). The number of phosphoric acid groups is 1. The fourth-order valence-corrected chi connectivity index (χ4v) is 17.0. The Morgan fingerprint density at radius 2 is 0.591 bits per heavy atom. The second-order valence-electron chi connectivity index (χ2n) is 34.8. The van der Waals surface area contributed by atoms with E-state index in [1.54, 1.807) is 0 Å². The lowest BCUT2D eigenvalue weighted by atomic mass is 9.81. The Labute approximate surface area is 797 Å². The first-order chi connectivity index (χ1) is 65.5. The predicted molar refractivity (Wildman–Crippen MR) is 483 cm³/mol. The molecular weight excluding hydrogens is 1830 g/mol. The fraction of sp³-hybridized carbons (Fsp3) is 0.795. The largest absolute Gasteiger partial charge is 0.474 e. The van der Waals surface area contributed by atoms with Crippen LogP contribution in [0.2, 0.25) is 0 Å². The molecule has 782 valence electrons. The highest BCUT2D eigenvalue weighted by atomic mass is 31.2. The highest BCUT2D eigenvalue weighted by Crippen LogP contribution is 2.47. The van der Waals surface area contributed by atoms with Crippen LogP contribution in [0.4, 0.5) is 5.69 Å². The van der Waals surface area contributed by atoms with Crippen LogP contribution in [-0.4, -0.2) is 397 Å². The van der Waals surface area contributed by atoms with E-state index in [-0.39, 0.29) is 94.8 Å². The first-order valence-corrected chi connectivity index (χ1v) is 48.8. The van der Waals surface area contributed by atoms with E-state index in [1.165, 1.54) is 54.0 Å². The van der Waals surface area contributed by atoms with Crippen LogP contribution in [-0.2, 0) is 104 Å². The van der Waals surface area contributed by atoms with Gasteiger partial charge in [-0.3, -0.25) is 71.1 Å². The van der Waals surface area contributed by atoms with Gasteiger partial charge < -0.3 is 162 Å². The normalized spacial score (nSPS) is 26.6. The van der Waals surface area contributed by atoms with Crippen LogP contribution in [0.15, 0.2) is 18.2 Å². The Kier molecular flexibility index (Phi) is 54.3. The molecule has 1 aromatic carbocycles. The molecule has 4 aliphatic heterocycles. The summed E-state index contributed by atoms with van der Waals surface area (Å²) in [5.41, 5.74) is -0.851. The maximum absolute atomic E-state index is 15.5. The number of phosphoric ester groups is 1. The highest BCUT2D eigenvalue weighted by molar-refractivity contribution is 7.48. The quantitative estimate of drug-likeness (QED) is 0.0218. The third-order valence-electron chi connectivity index (χ3n) is 23.8. The van der Waals surface area contributed by atoms with Gasteiger partial charge in [0, 0.05) is 130 Å². The summed E-state index contributed by atoms with van der Waals surface area (Å²) in [6, 6.07) is -1.05. The number of benzene rings is 1. The van der Waals surface area contributed by atoms with Gasteiger partial charge in [-0.05, 0) is 108 Å². The van der Waals surface area contributed by atoms with Crippen molar-refractivity contribution in [3.63, 3.8) is 0 Å². The van der Waals surface area contributed by atoms with Gasteiger partial charge in [0.25, 0.3) is 11.8 Å². The number of amides is 12. The van der Waals surface area contributed by atoms with E-state index in [9.17, 15) is 114 Å². The summed E-state index contributed by atoms with van der Waals surface area (Å²) < 4.78 is 73.1. The number of nitrogens with zero attached hydrogens (tertiary/aromatic N) is 2. The Bertz CT molecular complexity index is 3560. The van der Waals surface area contributed by atoms with Crippen LogP contribution >= 0.6 is 7.82 Å². The molecule has 0 radical (unpaired) electrons. The summed E-state index contributed by atoms with van der Waals surface area (Å²) in [6.07, 6.45) is -10.9. The lowest BCUT2D eigenvalue weighted by Crippen LogP contribution is -2.64. The zero-order valence-electron chi connectivity index (χ0n) is 79.1. The minimum atomic E-state index is -3.62. The summed E-state index contributed by atoms with van der Waals surface area (Å²) in [4.78, 5) is 166. The third-order valence-corrected chi connectivity index (χ3v) is 25.2. The van der Waals surface area contributed by atoms with Gasteiger partial charge in [0.15, 0.2) is 25.2 Å². The topological polar surface area (TPSA) is 693 Å². The number of anilines is 1. The van der Waals surface area contributed by atoms with Gasteiger partial charge in [0.1, 0.15) is 124 Å². The fourth-order valence-electron chi connectivity index (χ4n) is 16.3. The number of carbonyl (C=O) groups is 12. The van der Waals surface area contributed by atoms with E-state index < -0.39 is 260 Å². The summed E-state index contributed by atoms with van der Waals surface area (Å²) in [5, 5.41) is 151. The van der Waals surface area contributed by atoms with Gasteiger partial charge in [0.2, 0.25) is 59.1 Å². The van der Waals surface area contributed by atoms with Crippen LogP contribution in [0.1, 0.15) is 203 Å². The van der Waals surface area contributed by atoms with Crippen molar-refractivity contribution in [3.8, 4) is 0 Å². The van der Waals surface area contributed by atoms with Crippen molar-refractivity contribution >= 4 is 84.4 Å². The number of aliphatic hydroxyl groups excluding tert-OH is 12. The molecule has 4 saturated heterocycles. The molecule has 1 aromatic rings. The lowest BCUT2D eigenvalue weighted by molar-refractivity contribution is -0.270. The molecule has 12 amide bonds. The van der Waals surface area contributed by atoms with E-state index >= 15 is 9.59 Å². The Morgan fingerprint density at radius 1 is 0.343 bits per heavy atom. The molecule has 0 spiro atoms. The van der Waals surface area contributed by atoms with Crippen LogP contribution < -0.4 is 53.2 Å². The van der Waals surface area contributed by atoms with Crippen molar-refractivity contribution in [2.45, 2.75) is 304 Å². The SMILES string of the molecule is COP(=O)(OC)OCCCCCCNC(=O)C1CCC(C(=O)Nc2cc(C(=O)N(CC(=O)NCCCCCCOC3OC(CO)C(O)C(O)C3NC(C)=O)CC(=O)NCCCCCCOC3OC(CO)C(O)C(O)C3NC(C)=O)cc(C(=O)N(CC(=O)NCCCCCCOC3OC(CO)C(O)C(O)C3NC(C)=O)CC(=O)NCCCCCCOC3OC(CO)C(O)C(O)C3NC(C)=O)c2)CC1. The zero-order valence-corrected chi connectivity index (χ0v) is 80.0. The Morgan fingerprint density at radius 3 is 0.847 bits per heavy atom. The number of nitrogens with one attached hydrogen (secondary N) is 10. The van der Waals surface area contributed by atoms with Gasteiger partial charge in [-0.1, -0.05) is 64.2 Å². The van der Waals surface area contributed by atoms with Crippen LogP contribution in [0.3, 0.4) is 0 Å². The van der Waals surface area contributed by atoms with Crippen molar-refractivity contribution < 1.29 is 175 Å². The minimum absolute atomic E-state index is 0.0550. The number of carbonyl (C=O) groups excluding carboxylic acids is 12. The number of unbranched alkanes of at least 4 members (excludes halogenated alkanes) is 15. The Hall–Kier alpha value is -7.83. The van der Waals surface area contributed by atoms with Gasteiger partial charge >= 0.3 is 7.82 Å². The molecule has 49 heteroatoms. The average Bonchev–Trinajstić information content (AvgIpc) is 0.824. The molecule has 4 heterocycles. The number of rotatable bonds is 63. The molecule has 20 atom stereocenters. The van der Waals surface area contributed by atoms with Gasteiger partial charge in [-0.2, -0.15) is 0 Å². The molecule has 0 bridgehead atoms. The smallest absolute Gasteiger partial charge is 0.394 e. The molecule has 1 aliphatic carbocycles. The third kappa shape index (κ3) is 40.6. The molecular formula is C88H149N12O36P. The number of hydrogen-bond acceptors (Lipinski definition) is 36.